The lowest BCUT2D eigenvalue weighted by atomic mass is 9.91. The molecule has 0 saturated carbocycles. The number of nitrogens with one attached hydrogen (secondary N) is 1. The van der Waals surface area contributed by atoms with Gasteiger partial charge in [-0.15, -0.1) is 0 Å². The van der Waals surface area contributed by atoms with Gasteiger partial charge in [0.15, 0.2) is 0 Å². The van der Waals surface area contributed by atoms with Crippen LogP contribution in [0.3, 0.4) is 0 Å². The number of hydrogen-bond acceptors (Lipinski definition) is 7. The van der Waals surface area contributed by atoms with Gasteiger partial charge in [0.2, 0.25) is 11.8 Å². The van der Waals surface area contributed by atoms with Gasteiger partial charge in [0, 0.05) is 37.7 Å². The van der Waals surface area contributed by atoms with Crippen LogP contribution in [0.15, 0.2) is 18.2 Å². The fourth-order valence-corrected chi connectivity index (χ4v) is 5.32. The number of rotatable bonds is 5. The average Bonchev–Trinajstić information content (AvgIpc) is 2.98. The third-order valence-corrected chi connectivity index (χ3v) is 7.28. The molecule has 4 aliphatic heterocycles. The molecule has 1 atom stereocenters. The van der Waals surface area contributed by atoms with Gasteiger partial charge in [0.25, 0.3) is 11.8 Å². The minimum Gasteiger partial charge on any atom is -0.481 e. The van der Waals surface area contributed by atoms with E-state index in [1.165, 1.54) is 0 Å². The van der Waals surface area contributed by atoms with E-state index in [1.54, 1.807) is 12.1 Å². The molecule has 0 aromatic heterocycles. The highest BCUT2D eigenvalue weighted by Gasteiger charge is 2.45. The highest BCUT2D eigenvalue weighted by atomic mass is 16.4. The van der Waals surface area contributed by atoms with Crippen molar-refractivity contribution in [3.05, 3.63) is 29.3 Å². The number of benzene rings is 1. The van der Waals surface area contributed by atoms with E-state index < -0.39 is 35.6 Å². The molecule has 0 radical (unpaired) electrons. The molecule has 1 unspecified atom stereocenters. The number of nitrogens with zero attached hydrogens (tertiary/aromatic N) is 3. The van der Waals surface area contributed by atoms with Crippen LogP contribution < -0.4 is 10.2 Å². The van der Waals surface area contributed by atoms with Gasteiger partial charge in [-0.25, -0.2) is 0 Å². The zero-order valence-electron chi connectivity index (χ0n) is 18.2. The number of carbonyl (C=O) groups excluding carboxylic acids is 4. The summed E-state index contributed by atoms with van der Waals surface area (Å²) in [5.41, 5.74) is 1.43. The Morgan fingerprint density at radius 2 is 1.70 bits per heavy atom. The lowest BCUT2D eigenvalue weighted by Gasteiger charge is -2.48. The highest BCUT2D eigenvalue weighted by Crippen LogP contribution is 2.33. The van der Waals surface area contributed by atoms with E-state index in [0.717, 1.165) is 49.6 Å². The summed E-state index contributed by atoms with van der Waals surface area (Å²) in [4.78, 5) is 65.9. The number of imide groups is 2. The van der Waals surface area contributed by atoms with Gasteiger partial charge in [0.1, 0.15) is 6.04 Å². The first-order valence-corrected chi connectivity index (χ1v) is 11.4. The summed E-state index contributed by atoms with van der Waals surface area (Å²) in [7, 11) is 0. The Balaban J connectivity index is 1.22. The van der Waals surface area contributed by atoms with E-state index in [0.29, 0.717) is 11.6 Å². The Morgan fingerprint density at radius 1 is 1.00 bits per heavy atom. The molecule has 174 valence electrons. The number of aliphatic carboxylic acids is 1. The standard InChI is InChI=1S/C23H26N4O6/c28-19-4-3-18(21(31)24-19)27-22(32)16-2-1-14(10-17(16)23(27)33)26-11-15(12-26)25-7-5-13(6-8-25)9-20(29)30/h1-2,10,13,15,18H,3-9,11-12H2,(H,29,30)(H,24,28,31). The Morgan fingerprint density at radius 3 is 2.36 bits per heavy atom. The SMILES string of the molecule is O=C(O)CC1CCN(C2CN(c3ccc4c(c3)C(=O)N(C3CCC(=O)NC3=O)C4=O)C2)CC1. The number of fused-ring (bicyclic) bond motifs is 1. The lowest BCUT2D eigenvalue weighted by molar-refractivity contribution is -0.139. The van der Waals surface area contributed by atoms with Crippen molar-refractivity contribution in [1.82, 2.24) is 15.1 Å². The van der Waals surface area contributed by atoms with Crippen LogP contribution in [0.5, 0.6) is 0 Å². The summed E-state index contributed by atoms with van der Waals surface area (Å²) in [6, 6.07) is 4.61. The second kappa shape index (κ2) is 8.26. The summed E-state index contributed by atoms with van der Waals surface area (Å²) in [6.07, 6.45) is 2.27. The van der Waals surface area contributed by atoms with Gasteiger partial charge in [-0.05, 0) is 56.5 Å². The molecular formula is C23H26N4O6. The van der Waals surface area contributed by atoms with Gasteiger partial charge < -0.3 is 10.0 Å². The molecule has 10 nitrogen and oxygen atoms in total. The van der Waals surface area contributed by atoms with Crippen LogP contribution in [-0.4, -0.2) is 82.8 Å². The maximum absolute atomic E-state index is 13.0. The van der Waals surface area contributed by atoms with Crippen LogP contribution in [0.4, 0.5) is 5.69 Å². The first kappa shape index (κ1) is 21.6. The number of likely N-dealkylation sites (tertiary alicyclic amines) is 1. The van der Waals surface area contributed by atoms with Crippen LogP contribution in [0.1, 0.15) is 52.8 Å². The predicted octanol–water partition coefficient (Wildman–Crippen LogP) is 0.463. The smallest absolute Gasteiger partial charge is 0.303 e. The van der Waals surface area contributed by atoms with Crippen molar-refractivity contribution in [2.24, 2.45) is 5.92 Å². The molecule has 4 amide bonds. The van der Waals surface area contributed by atoms with Crippen LogP contribution in [0.2, 0.25) is 0 Å². The molecular weight excluding hydrogens is 428 g/mol. The fourth-order valence-electron chi connectivity index (χ4n) is 5.32. The van der Waals surface area contributed by atoms with Gasteiger partial charge in [-0.3, -0.25) is 39.1 Å². The van der Waals surface area contributed by atoms with E-state index in [-0.39, 0.29) is 30.7 Å². The maximum atomic E-state index is 13.0. The largest absolute Gasteiger partial charge is 0.481 e. The average molecular weight is 454 g/mol. The van der Waals surface area contributed by atoms with E-state index in [2.05, 4.69) is 15.1 Å². The van der Waals surface area contributed by atoms with Crippen molar-refractivity contribution in [2.75, 3.05) is 31.1 Å². The molecule has 1 aromatic rings. The maximum Gasteiger partial charge on any atom is 0.303 e. The predicted molar refractivity (Wildman–Crippen MR) is 116 cm³/mol. The first-order chi connectivity index (χ1) is 15.8. The highest BCUT2D eigenvalue weighted by molar-refractivity contribution is 6.23. The normalized spacial score (nSPS) is 24.7. The monoisotopic (exact) mass is 454 g/mol. The van der Waals surface area contributed by atoms with Gasteiger partial charge in [0.05, 0.1) is 11.1 Å². The van der Waals surface area contributed by atoms with E-state index >= 15 is 0 Å². The van der Waals surface area contributed by atoms with Crippen molar-refractivity contribution >= 4 is 35.3 Å². The van der Waals surface area contributed by atoms with Crippen LogP contribution in [-0.2, 0) is 14.4 Å². The molecule has 4 heterocycles. The Kier molecular flexibility index (Phi) is 5.40. The molecule has 33 heavy (non-hydrogen) atoms. The molecule has 5 rings (SSSR count). The molecule has 0 spiro atoms. The number of hydrogen-bond donors (Lipinski definition) is 2. The summed E-state index contributed by atoms with van der Waals surface area (Å²) in [5.74, 6) is -2.48. The van der Waals surface area contributed by atoms with Crippen molar-refractivity contribution in [3.63, 3.8) is 0 Å². The number of anilines is 1. The van der Waals surface area contributed by atoms with E-state index in [9.17, 15) is 24.0 Å². The topological polar surface area (TPSA) is 127 Å². The van der Waals surface area contributed by atoms with E-state index in [1.807, 2.05) is 6.07 Å². The van der Waals surface area contributed by atoms with Gasteiger partial charge >= 0.3 is 5.97 Å². The van der Waals surface area contributed by atoms with Crippen molar-refractivity contribution in [2.45, 2.75) is 44.2 Å². The number of amides is 4. The Labute approximate surface area is 190 Å². The van der Waals surface area contributed by atoms with Crippen molar-refractivity contribution in [1.29, 1.82) is 0 Å². The van der Waals surface area contributed by atoms with Gasteiger partial charge in [-0.1, -0.05) is 0 Å². The summed E-state index contributed by atoms with van der Waals surface area (Å²) >= 11 is 0. The molecule has 3 fully saturated rings. The number of piperidine rings is 2. The molecule has 0 bridgehead atoms. The fraction of sp³-hybridized carbons (Fsp3) is 0.522. The third-order valence-electron chi connectivity index (χ3n) is 7.28. The second-order valence-electron chi connectivity index (χ2n) is 9.31. The first-order valence-electron chi connectivity index (χ1n) is 11.4. The molecule has 2 N–H and O–H groups in total. The quantitative estimate of drug-likeness (QED) is 0.615. The third kappa shape index (κ3) is 3.88. The molecule has 10 heteroatoms. The minimum atomic E-state index is -0.962. The van der Waals surface area contributed by atoms with Crippen molar-refractivity contribution < 1.29 is 29.1 Å². The van der Waals surface area contributed by atoms with Crippen LogP contribution >= 0.6 is 0 Å². The second-order valence-corrected chi connectivity index (χ2v) is 9.31. The number of carbonyl (C=O) groups is 5. The number of carboxylic acids is 1. The summed E-state index contributed by atoms with van der Waals surface area (Å²) in [5, 5.41) is 11.2. The zero-order chi connectivity index (χ0) is 23.3. The lowest BCUT2D eigenvalue weighted by Crippen LogP contribution is -2.61. The Hall–Kier alpha value is -3.27. The summed E-state index contributed by atoms with van der Waals surface area (Å²) < 4.78 is 0. The molecule has 1 aromatic carbocycles. The number of carboxylic acid groups (broad SMARTS) is 1. The van der Waals surface area contributed by atoms with Crippen molar-refractivity contribution in [3.8, 4) is 0 Å². The molecule has 0 aliphatic carbocycles. The molecule has 3 saturated heterocycles. The van der Waals surface area contributed by atoms with Gasteiger partial charge in [-0.2, -0.15) is 0 Å². The van der Waals surface area contributed by atoms with Crippen LogP contribution in [0, 0.1) is 5.92 Å². The summed E-state index contributed by atoms with van der Waals surface area (Å²) in [6.45, 7) is 3.41. The van der Waals surface area contributed by atoms with Crippen LogP contribution in [0.25, 0.3) is 0 Å². The minimum absolute atomic E-state index is 0.0950. The molecule has 4 aliphatic rings. The Bertz CT molecular complexity index is 1040. The zero-order valence-corrected chi connectivity index (χ0v) is 18.2. The van der Waals surface area contributed by atoms with E-state index in [4.69, 9.17) is 5.11 Å².